The summed E-state index contributed by atoms with van der Waals surface area (Å²) in [4.78, 5) is 4.16. The maximum absolute atomic E-state index is 10.5. The Labute approximate surface area is 164 Å². The minimum atomic E-state index is -0.506. The SMILES string of the molecule is C[C@H](CCCC(O)c1[nH]nc2ccccc12)NCc1ccc2cnccc2c1. The standard InChI is InChI=1S/C23H26N4O/c1-16(25-14-17-9-10-19-15-24-12-11-18(19)13-17)5-4-8-22(28)23-20-6-2-3-7-21(20)26-27-23/h2-3,6-7,9-13,15-16,22,25,28H,4-5,8,14H2,1H3,(H,26,27)/t16-,22?/m1/s1. The Morgan fingerprint density at radius 1 is 1.07 bits per heavy atom. The molecule has 0 saturated heterocycles. The molecular weight excluding hydrogens is 348 g/mol. The van der Waals surface area contributed by atoms with Crippen LogP contribution in [0, 0.1) is 0 Å². The van der Waals surface area contributed by atoms with Crippen molar-refractivity contribution in [3.63, 3.8) is 0 Å². The highest BCUT2D eigenvalue weighted by molar-refractivity contribution is 5.82. The molecule has 4 rings (SSSR count). The van der Waals surface area contributed by atoms with Crippen LogP contribution in [0.15, 0.2) is 60.9 Å². The first-order chi connectivity index (χ1) is 13.7. The second-order valence-corrected chi connectivity index (χ2v) is 7.44. The first-order valence-electron chi connectivity index (χ1n) is 9.88. The molecule has 0 saturated carbocycles. The van der Waals surface area contributed by atoms with E-state index >= 15 is 0 Å². The van der Waals surface area contributed by atoms with Crippen molar-refractivity contribution >= 4 is 21.7 Å². The minimum Gasteiger partial charge on any atom is -0.387 e. The van der Waals surface area contributed by atoms with Gasteiger partial charge in [0.1, 0.15) is 0 Å². The average Bonchev–Trinajstić information content (AvgIpc) is 3.16. The van der Waals surface area contributed by atoms with Gasteiger partial charge >= 0.3 is 0 Å². The third-order valence-corrected chi connectivity index (χ3v) is 5.30. The highest BCUT2D eigenvalue weighted by atomic mass is 16.3. The molecule has 5 nitrogen and oxygen atoms in total. The van der Waals surface area contributed by atoms with Crippen LogP contribution in [0.4, 0.5) is 0 Å². The van der Waals surface area contributed by atoms with E-state index in [1.54, 1.807) is 0 Å². The number of nitrogens with one attached hydrogen (secondary N) is 2. The highest BCUT2D eigenvalue weighted by Gasteiger charge is 2.14. The van der Waals surface area contributed by atoms with Gasteiger partial charge in [-0.05, 0) is 55.3 Å². The van der Waals surface area contributed by atoms with Gasteiger partial charge in [-0.25, -0.2) is 0 Å². The van der Waals surface area contributed by atoms with Crippen molar-refractivity contribution in [1.82, 2.24) is 20.5 Å². The van der Waals surface area contributed by atoms with Crippen molar-refractivity contribution in [2.24, 2.45) is 0 Å². The monoisotopic (exact) mass is 374 g/mol. The lowest BCUT2D eigenvalue weighted by Crippen LogP contribution is -2.25. The number of nitrogens with zero attached hydrogens (tertiary/aromatic N) is 2. The summed E-state index contributed by atoms with van der Waals surface area (Å²) in [6, 6.07) is 16.8. The zero-order valence-corrected chi connectivity index (χ0v) is 16.1. The van der Waals surface area contributed by atoms with E-state index in [1.165, 1.54) is 16.3 Å². The lowest BCUT2D eigenvalue weighted by molar-refractivity contribution is 0.159. The number of aliphatic hydroxyl groups is 1. The van der Waals surface area contributed by atoms with Gasteiger partial charge in [-0.1, -0.05) is 30.3 Å². The first-order valence-corrected chi connectivity index (χ1v) is 9.88. The molecule has 28 heavy (non-hydrogen) atoms. The summed E-state index contributed by atoms with van der Waals surface area (Å²) >= 11 is 0. The highest BCUT2D eigenvalue weighted by Crippen LogP contribution is 2.25. The Kier molecular flexibility index (Phi) is 5.65. The third-order valence-electron chi connectivity index (χ3n) is 5.30. The van der Waals surface area contributed by atoms with Crippen LogP contribution in [0.5, 0.6) is 0 Å². The Morgan fingerprint density at radius 2 is 1.96 bits per heavy atom. The van der Waals surface area contributed by atoms with Crippen molar-refractivity contribution in [2.45, 2.75) is 44.9 Å². The van der Waals surface area contributed by atoms with Gasteiger partial charge in [0, 0.05) is 35.8 Å². The van der Waals surface area contributed by atoms with Crippen LogP contribution in [0.2, 0.25) is 0 Å². The molecule has 2 heterocycles. The van der Waals surface area contributed by atoms with Crippen molar-refractivity contribution in [2.75, 3.05) is 0 Å². The van der Waals surface area contributed by atoms with E-state index in [0.717, 1.165) is 42.4 Å². The Balaban J connectivity index is 1.25. The van der Waals surface area contributed by atoms with Gasteiger partial charge in [0.05, 0.1) is 17.3 Å². The zero-order valence-electron chi connectivity index (χ0n) is 16.1. The number of hydrogen-bond donors (Lipinski definition) is 3. The number of benzene rings is 2. The quantitative estimate of drug-likeness (QED) is 0.425. The number of H-pyrrole nitrogens is 1. The van der Waals surface area contributed by atoms with Gasteiger partial charge in [0.2, 0.25) is 0 Å². The summed E-state index contributed by atoms with van der Waals surface area (Å²) in [6.45, 7) is 3.04. The lowest BCUT2D eigenvalue weighted by atomic mass is 10.0. The van der Waals surface area contributed by atoms with Crippen LogP contribution < -0.4 is 5.32 Å². The second kappa shape index (κ2) is 8.50. The molecule has 0 aliphatic carbocycles. The maximum atomic E-state index is 10.5. The lowest BCUT2D eigenvalue weighted by Gasteiger charge is -2.15. The number of pyridine rings is 1. The van der Waals surface area contributed by atoms with Crippen LogP contribution in [-0.2, 0) is 6.54 Å². The molecule has 0 spiro atoms. The number of aromatic amines is 1. The van der Waals surface area contributed by atoms with Gasteiger partial charge in [0.25, 0.3) is 0 Å². The maximum Gasteiger partial charge on any atom is 0.0960 e. The fourth-order valence-corrected chi connectivity index (χ4v) is 3.63. The Morgan fingerprint density at radius 3 is 2.89 bits per heavy atom. The summed E-state index contributed by atoms with van der Waals surface area (Å²) in [5, 5.41) is 24.8. The van der Waals surface area contributed by atoms with Gasteiger partial charge in [0.15, 0.2) is 0 Å². The van der Waals surface area contributed by atoms with Crippen molar-refractivity contribution in [1.29, 1.82) is 0 Å². The smallest absolute Gasteiger partial charge is 0.0960 e. The molecule has 2 aromatic carbocycles. The topological polar surface area (TPSA) is 73.8 Å². The Bertz CT molecular complexity index is 1060. The molecule has 144 valence electrons. The molecule has 0 fully saturated rings. The van der Waals surface area contributed by atoms with Crippen LogP contribution >= 0.6 is 0 Å². The molecule has 0 radical (unpaired) electrons. The van der Waals surface area contributed by atoms with E-state index < -0.39 is 6.10 Å². The van der Waals surface area contributed by atoms with E-state index in [1.807, 2.05) is 42.7 Å². The fraction of sp³-hybridized carbons (Fsp3) is 0.304. The van der Waals surface area contributed by atoms with Crippen LogP contribution in [0.25, 0.3) is 21.7 Å². The minimum absolute atomic E-state index is 0.388. The molecule has 3 N–H and O–H groups in total. The van der Waals surface area contributed by atoms with Crippen molar-refractivity contribution in [3.05, 3.63) is 72.2 Å². The summed E-state index contributed by atoms with van der Waals surface area (Å²) in [5.74, 6) is 0. The Hall–Kier alpha value is -2.76. The number of aromatic nitrogens is 3. The fourth-order valence-electron chi connectivity index (χ4n) is 3.63. The van der Waals surface area contributed by atoms with Crippen LogP contribution in [0.3, 0.4) is 0 Å². The number of rotatable bonds is 8. The zero-order chi connectivity index (χ0) is 19.3. The molecule has 1 unspecified atom stereocenters. The molecular formula is C23H26N4O. The van der Waals surface area contributed by atoms with E-state index in [-0.39, 0.29) is 0 Å². The molecule has 0 bridgehead atoms. The largest absolute Gasteiger partial charge is 0.387 e. The van der Waals surface area contributed by atoms with Gasteiger partial charge in [-0.15, -0.1) is 0 Å². The molecule has 5 heteroatoms. The second-order valence-electron chi connectivity index (χ2n) is 7.44. The van der Waals surface area contributed by atoms with Gasteiger partial charge in [-0.3, -0.25) is 10.1 Å². The van der Waals surface area contributed by atoms with E-state index in [0.29, 0.717) is 6.04 Å². The molecule has 0 aliphatic rings. The van der Waals surface area contributed by atoms with Crippen LogP contribution in [0.1, 0.15) is 43.5 Å². The van der Waals surface area contributed by atoms with E-state index in [9.17, 15) is 5.11 Å². The summed E-state index contributed by atoms with van der Waals surface area (Å²) < 4.78 is 0. The van der Waals surface area contributed by atoms with Gasteiger partial charge < -0.3 is 10.4 Å². The van der Waals surface area contributed by atoms with E-state index in [2.05, 4.69) is 45.6 Å². The number of para-hydroxylation sites is 1. The molecule has 2 atom stereocenters. The van der Waals surface area contributed by atoms with Crippen LogP contribution in [-0.4, -0.2) is 26.3 Å². The molecule has 0 aliphatic heterocycles. The predicted molar refractivity (Wildman–Crippen MR) is 113 cm³/mol. The van der Waals surface area contributed by atoms with Crippen molar-refractivity contribution in [3.8, 4) is 0 Å². The van der Waals surface area contributed by atoms with Crippen molar-refractivity contribution < 1.29 is 5.11 Å². The average molecular weight is 374 g/mol. The van der Waals surface area contributed by atoms with E-state index in [4.69, 9.17) is 0 Å². The predicted octanol–water partition coefficient (Wildman–Crippen LogP) is 4.49. The molecule has 4 aromatic rings. The number of aliphatic hydroxyl groups excluding tert-OH is 1. The summed E-state index contributed by atoms with van der Waals surface area (Å²) in [7, 11) is 0. The van der Waals surface area contributed by atoms with Gasteiger partial charge in [-0.2, -0.15) is 5.10 Å². The number of hydrogen-bond acceptors (Lipinski definition) is 4. The molecule has 0 amide bonds. The summed E-state index contributed by atoms with van der Waals surface area (Å²) in [5.41, 5.74) is 2.99. The third kappa shape index (κ3) is 4.21. The normalized spacial score (nSPS) is 13.8. The first kappa shape index (κ1) is 18.6. The summed E-state index contributed by atoms with van der Waals surface area (Å²) in [6.07, 6.45) is 5.90. The number of fused-ring (bicyclic) bond motifs is 2. The molecule has 2 aromatic heterocycles.